The van der Waals surface area contributed by atoms with Crippen molar-refractivity contribution in [1.29, 1.82) is 0 Å². The average molecular weight is 464 g/mol. The number of pyridine rings is 1. The Hall–Kier alpha value is -2.95. The van der Waals surface area contributed by atoms with Gasteiger partial charge in [0.15, 0.2) is 0 Å². The Kier molecular flexibility index (Phi) is 7.26. The molecule has 1 saturated heterocycles. The molecule has 2 aromatic rings. The van der Waals surface area contributed by atoms with Gasteiger partial charge in [-0.2, -0.15) is 18.2 Å². The number of aromatic nitrogens is 3. The number of ether oxygens (including phenoxy) is 1. The molecule has 8 nitrogen and oxygen atoms in total. The van der Waals surface area contributed by atoms with E-state index in [1.165, 1.54) is 0 Å². The number of nitrogens with zero attached hydrogens (tertiary/aromatic N) is 4. The molecule has 11 heteroatoms. The van der Waals surface area contributed by atoms with Crippen LogP contribution in [0.1, 0.15) is 42.7 Å². The molecule has 1 amide bonds. The minimum Gasteiger partial charge on any atom is -0.379 e. The molecule has 0 atom stereocenters. The summed E-state index contributed by atoms with van der Waals surface area (Å²) in [6.07, 6.45) is 2.30. The lowest BCUT2D eigenvalue weighted by molar-refractivity contribution is -0.137. The third-order valence-corrected chi connectivity index (χ3v) is 5.94. The van der Waals surface area contributed by atoms with Gasteiger partial charge in [0.1, 0.15) is 11.4 Å². The van der Waals surface area contributed by atoms with E-state index in [1.54, 1.807) is 11.1 Å². The number of halogens is 3. The molecule has 2 aromatic heterocycles. The maximum atomic E-state index is 13.4. The fraction of sp³-hybridized carbons (Fsp3) is 0.545. The van der Waals surface area contributed by atoms with E-state index in [9.17, 15) is 18.0 Å². The van der Waals surface area contributed by atoms with E-state index in [4.69, 9.17) is 4.74 Å². The van der Waals surface area contributed by atoms with Crippen LogP contribution >= 0.6 is 0 Å². The lowest BCUT2D eigenvalue weighted by Gasteiger charge is -2.36. The van der Waals surface area contributed by atoms with Crippen LogP contribution < -0.4 is 10.6 Å². The van der Waals surface area contributed by atoms with E-state index >= 15 is 0 Å². The standard InChI is InChI=1S/C22H27F3N6O2/c23-22(24,25)18-14-28-21(29-17-11-16(12-17)15-3-1-5-26-13-15)30-20(18)27-6-2-7-31-8-10-33-9-4-19(31)32/h1,3,5,13-14,16-17H,2,4,6-12H2,(H2,27,28,29,30). The molecule has 0 radical (unpaired) electrons. The lowest BCUT2D eigenvalue weighted by atomic mass is 9.76. The third kappa shape index (κ3) is 6.10. The smallest absolute Gasteiger partial charge is 0.379 e. The topological polar surface area (TPSA) is 92.3 Å². The molecular formula is C22H27F3N6O2. The van der Waals surface area contributed by atoms with Crippen molar-refractivity contribution in [2.75, 3.05) is 43.5 Å². The van der Waals surface area contributed by atoms with Gasteiger partial charge >= 0.3 is 6.18 Å². The quantitative estimate of drug-likeness (QED) is 0.579. The van der Waals surface area contributed by atoms with Crippen LogP contribution in [0.2, 0.25) is 0 Å². The van der Waals surface area contributed by atoms with Crippen molar-refractivity contribution >= 4 is 17.7 Å². The molecule has 1 aliphatic carbocycles. The minimum atomic E-state index is -4.57. The van der Waals surface area contributed by atoms with Crippen molar-refractivity contribution in [2.45, 2.75) is 43.8 Å². The summed E-state index contributed by atoms with van der Waals surface area (Å²) in [6, 6.07) is 4.01. The van der Waals surface area contributed by atoms with Crippen LogP contribution in [0, 0.1) is 0 Å². The van der Waals surface area contributed by atoms with Gasteiger partial charge in [0.05, 0.1) is 19.6 Å². The van der Waals surface area contributed by atoms with Crippen LogP contribution in [0.15, 0.2) is 30.7 Å². The average Bonchev–Trinajstić information content (AvgIpc) is 2.97. The fourth-order valence-electron chi connectivity index (χ4n) is 4.03. The summed E-state index contributed by atoms with van der Waals surface area (Å²) in [5.41, 5.74) is 0.245. The second-order valence-electron chi connectivity index (χ2n) is 8.27. The van der Waals surface area contributed by atoms with Gasteiger partial charge < -0.3 is 20.3 Å². The van der Waals surface area contributed by atoms with E-state index in [1.807, 2.05) is 18.3 Å². The van der Waals surface area contributed by atoms with Crippen LogP contribution in [-0.4, -0.2) is 64.6 Å². The number of carbonyl (C=O) groups is 1. The maximum Gasteiger partial charge on any atom is 0.421 e. The number of nitrogens with one attached hydrogen (secondary N) is 2. The molecule has 0 bridgehead atoms. The highest BCUT2D eigenvalue weighted by molar-refractivity contribution is 5.76. The summed E-state index contributed by atoms with van der Waals surface area (Å²) < 4.78 is 45.6. The molecule has 33 heavy (non-hydrogen) atoms. The fourth-order valence-corrected chi connectivity index (χ4v) is 4.03. The summed E-state index contributed by atoms with van der Waals surface area (Å²) in [7, 11) is 0. The van der Waals surface area contributed by atoms with Crippen molar-refractivity contribution in [3.05, 3.63) is 41.9 Å². The van der Waals surface area contributed by atoms with Crippen molar-refractivity contribution in [3.8, 4) is 0 Å². The van der Waals surface area contributed by atoms with E-state index in [0.717, 1.165) is 24.6 Å². The minimum absolute atomic E-state index is 0.00193. The Morgan fingerprint density at radius 2 is 2.06 bits per heavy atom. The van der Waals surface area contributed by atoms with Gasteiger partial charge in [0.25, 0.3) is 0 Å². The third-order valence-electron chi connectivity index (χ3n) is 5.94. The van der Waals surface area contributed by atoms with E-state index < -0.39 is 11.7 Å². The predicted octanol–water partition coefficient (Wildman–Crippen LogP) is 3.30. The SMILES string of the molecule is O=C1CCOCCN1CCCNc1nc(NC2CC(c3cccnc3)C2)ncc1C(F)(F)F. The molecular weight excluding hydrogens is 437 g/mol. The molecule has 2 aliphatic rings. The Balaban J connectivity index is 1.33. The Morgan fingerprint density at radius 3 is 2.82 bits per heavy atom. The normalized spacial score (nSPS) is 21.3. The van der Waals surface area contributed by atoms with Crippen molar-refractivity contribution in [3.63, 3.8) is 0 Å². The first-order chi connectivity index (χ1) is 15.9. The van der Waals surface area contributed by atoms with Crippen molar-refractivity contribution in [1.82, 2.24) is 19.9 Å². The zero-order valence-corrected chi connectivity index (χ0v) is 18.1. The second-order valence-corrected chi connectivity index (χ2v) is 8.27. The Bertz CT molecular complexity index is 937. The zero-order valence-electron chi connectivity index (χ0n) is 18.1. The number of anilines is 2. The van der Waals surface area contributed by atoms with Crippen molar-refractivity contribution in [2.24, 2.45) is 0 Å². The Labute approximate surface area is 190 Å². The van der Waals surface area contributed by atoms with Crippen molar-refractivity contribution < 1.29 is 22.7 Å². The predicted molar refractivity (Wildman–Crippen MR) is 116 cm³/mol. The van der Waals surface area contributed by atoms with Gasteiger partial charge in [-0.05, 0) is 36.8 Å². The highest BCUT2D eigenvalue weighted by atomic mass is 19.4. The molecule has 1 aliphatic heterocycles. The summed E-state index contributed by atoms with van der Waals surface area (Å²) >= 11 is 0. The van der Waals surface area contributed by atoms with E-state index in [0.29, 0.717) is 45.1 Å². The van der Waals surface area contributed by atoms with Gasteiger partial charge in [0.2, 0.25) is 11.9 Å². The molecule has 2 N–H and O–H groups in total. The first kappa shape index (κ1) is 23.2. The van der Waals surface area contributed by atoms with Crippen LogP contribution in [0.25, 0.3) is 0 Å². The van der Waals surface area contributed by atoms with Crippen LogP contribution in [-0.2, 0) is 15.7 Å². The van der Waals surface area contributed by atoms with E-state index in [2.05, 4.69) is 25.6 Å². The molecule has 178 valence electrons. The van der Waals surface area contributed by atoms with E-state index in [-0.39, 0.29) is 30.3 Å². The molecule has 0 spiro atoms. The van der Waals surface area contributed by atoms with Gasteiger partial charge in [0, 0.05) is 44.3 Å². The van der Waals surface area contributed by atoms with Crippen LogP contribution in [0.3, 0.4) is 0 Å². The lowest BCUT2D eigenvalue weighted by Crippen LogP contribution is -2.35. The molecule has 0 unspecified atom stereocenters. The summed E-state index contributed by atoms with van der Waals surface area (Å²) in [5, 5.41) is 5.92. The van der Waals surface area contributed by atoms with Gasteiger partial charge in [-0.1, -0.05) is 6.07 Å². The zero-order chi connectivity index (χ0) is 23.3. The summed E-state index contributed by atoms with van der Waals surface area (Å²) in [6.45, 7) is 2.07. The van der Waals surface area contributed by atoms with Gasteiger partial charge in [-0.25, -0.2) is 4.98 Å². The molecule has 3 heterocycles. The van der Waals surface area contributed by atoms with Gasteiger partial charge in [-0.15, -0.1) is 0 Å². The Morgan fingerprint density at radius 1 is 1.21 bits per heavy atom. The number of carbonyl (C=O) groups excluding carboxylic acids is 1. The molecule has 1 saturated carbocycles. The second kappa shape index (κ2) is 10.3. The summed E-state index contributed by atoms with van der Waals surface area (Å²) in [4.78, 5) is 25.8. The highest BCUT2D eigenvalue weighted by Crippen LogP contribution is 2.38. The largest absolute Gasteiger partial charge is 0.421 e. The monoisotopic (exact) mass is 464 g/mol. The van der Waals surface area contributed by atoms with Crippen LogP contribution in [0.4, 0.5) is 24.9 Å². The van der Waals surface area contributed by atoms with Crippen LogP contribution in [0.5, 0.6) is 0 Å². The molecule has 2 fully saturated rings. The summed E-state index contributed by atoms with van der Waals surface area (Å²) in [5.74, 6) is 0.283. The molecule has 0 aromatic carbocycles. The number of hydrogen-bond acceptors (Lipinski definition) is 7. The first-order valence-electron chi connectivity index (χ1n) is 11.1. The van der Waals surface area contributed by atoms with Gasteiger partial charge in [-0.3, -0.25) is 9.78 Å². The number of alkyl halides is 3. The highest BCUT2D eigenvalue weighted by Gasteiger charge is 2.36. The number of amides is 1. The maximum absolute atomic E-state index is 13.4. The number of rotatable bonds is 8. The number of hydrogen-bond donors (Lipinski definition) is 2. The first-order valence-corrected chi connectivity index (χ1v) is 11.1. The molecule has 4 rings (SSSR count).